The van der Waals surface area contributed by atoms with Gasteiger partial charge in [0.15, 0.2) is 5.78 Å². The molecule has 1 fully saturated rings. The molecule has 3 heterocycles. The molecule has 0 unspecified atom stereocenters. The molecule has 0 spiro atoms. The van der Waals surface area contributed by atoms with Crippen molar-refractivity contribution < 1.29 is 4.79 Å². The van der Waals surface area contributed by atoms with Gasteiger partial charge in [-0.1, -0.05) is 0 Å². The van der Waals surface area contributed by atoms with Crippen LogP contribution in [0.25, 0.3) is 12.2 Å². The highest BCUT2D eigenvalue weighted by molar-refractivity contribution is 6.14. The Hall–Kier alpha value is -2.59. The Morgan fingerprint density at radius 3 is 1.67 bits per heavy atom. The summed E-state index contributed by atoms with van der Waals surface area (Å²) in [6, 6.07) is 7.56. The number of nitrogens with one attached hydrogen (secondary N) is 1. The van der Waals surface area contributed by atoms with Crippen LogP contribution in [-0.2, 0) is 4.79 Å². The van der Waals surface area contributed by atoms with Gasteiger partial charge in [-0.05, 0) is 47.5 Å². The first-order valence-electron chi connectivity index (χ1n) is 6.79. The second-order valence-corrected chi connectivity index (χ2v) is 4.83. The second kappa shape index (κ2) is 6.24. The largest absolute Gasteiger partial charge is 0.308 e. The third kappa shape index (κ3) is 3.30. The monoisotopic (exact) mass is 277 g/mol. The molecule has 1 aliphatic rings. The minimum Gasteiger partial charge on any atom is -0.308 e. The maximum Gasteiger partial charge on any atom is 0.187 e. The van der Waals surface area contributed by atoms with Crippen molar-refractivity contribution >= 4 is 17.9 Å². The number of carbonyl (C=O) groups excluding carboxylic acids is 1. The summed E-state index contributed by atoms with van der Waals surface area (Å²) in [6.45, 7) is 1.18. The van der Waals surface area contributed by atoms with E-state index in [1.165, 1.54) is 0 Å². The number of pyridine rings is 2. The summed E-state index contributed by atoms with van der Waals surface area (Å²) in [7, 11) is 0. The van der Waals surface area contributed by atoms with Gasteiger partial charge in [-0.3, -0.25) is 14.8 Å². The Kier molecular flexibility index (Phi) is 3.98. The number of Topliss-reactive ketones (excluding diaryl/α,β-unsaturated/α-hetero) is 1. The average Bonchev–Trinajstić information content (AvgIpc) is 2.53. The van der Waals surface area contributed by atoms with Crippen LogP contribution in [0, 0.1) is 0 Å². The topological polar surface area (TPSA) is 54.9 Å². The number of hydrogen-bond acceptors (Lipinski definition) is 4. The van der Waals surface area contributed by atoms with Crippen molar-refractivity contribution in [3.63, 3.8) is 0 Å². The van der Waals surface area contributed by atoms with Gasteiger partial charge in [0.2, 0.25) is 0 Å². The van der Waals surface area contributed by atoms with E-state index in [9.17, 15) is 4.79 Å². The van der Waals surface area contributed by atoms with E-state index in [-0.39, 0.29) is 5.78 Å². The zero-order chi connectivity index (χ0) is 14.5. The first kappa shape index (κ1) is 13.4. The Morgan fingerprint density at radius 1 is 0.810 bits per heavy atom. The highest BCUT2D eigenvalue weighted by Gasteiger charge is 2.19. The molecule has 0 amide bonds. The molecule has 2 aromatic heterocycles. The van der Waals surface area contributed by atoms with Crippen molar-refractivity contribution in [3.8, 4) is 0 Å². The van der Waals surface area contributed by atoms with E-state index >= 15 is 0 Å². The normalized spacial score (nSPS) is 19.1. The van der Waals surface area contributed by atoms with E-state index in [0.29, 0.717) is 13.1 Å². The fourth-order valence-electron chi connectivity index (χ4n) is 2.25. The zero-order valence-corrected chi connectivity index (χ0v) is 11.5. The molecule has 3 rings (SSSR count). The first-order valence-corrected chi connectivity index (χ1v) is 6.79. The van der Waals surface area contributed by atoms with E-state index in [1.54, 1.807) is 24.8 Å². The zero-order valence-electron chi connectivity index (χ0n) is 11.5. The molecule has 1 saturated heterocycles. The molecular formula is C17H15N3O. The van der Waals surface area contributed by atoms with E-state index in [0.717, 1.165) is 22.3 Å². The molecule has 0 atom stereocenters. The van der Waals surface area contributed by atoms with Crippen LogP contribution in [0.3, 0.4) is 0 Å². The molecule has 0 aliphatic carbocycles. The van der Waals surface area contributed by atoms with Gasteiger partial charge >= 0.3 is 0 Å². The third-order valence-corrected chi connectivity index (χ3v) is 3.31. The van der Waals surface area contributed by atoms with Crippen LogP contribution in [-0.4, -0.2) is 28.8 Å². The van der Waals surface area contributed by atoms with Crippen molar-refractivity contribution in [2.45, 2.75) is 0 Å². The number of nitrogens with zero attached hydrogens (tertiary/aromatic N) is 2. The third-order valence-electron chi connectivity index (χ3n) is 3.31. The van der Waals surface area contributed by atoms with Gasteiger partial charge < -0.3 is 5.32 Å². The Balaban J connectivity index is 1.88. The number of rotatable bonds is 2. The van der Waals surface area contributed by atoms with E-state index < -0.39 is 0 Å². The van der Waals surface area contributed by atoms with E-state index in [4.69, 9.17) is 0 Å². The standard InChI is InChI=1S/C17H15N3O/c21-17-15(9-13-1-5-18-6-2-13)11-20-12-16(17)10-14-3-7-19-8-4-14/h1-10,20H,11-12H2/b15-9+,16-10+. The van der Waals surface area contributed by atoms with Gasteiger partial charge in [0.1, 0.15) is 0 Å². The number of carbonyl (C=O) groups is 1. The van der Waals surface area contributed by atoms with Crippen LogP contribution in [0.5, 0.6) is 0 Å². The van der Waals surface area contributed by atoms with Crippen molar-refractivity contribution in [1.29, 1.82) is 0 Å². The summed E-state index contributed by atoms with van der Waals surface area (Å²) in [5.41, 5.74) is 3.51. The average molecular weight is 277 g/mol. The SMILES string of the molecule is O=C1/C(=C/c2ccncc2)CNC/C1=C\c1ccncc1. The predicted octanol–water partition coefficient (Wildman–Crippen LogP) is 2.12. The fraction of sp³-hybridized carbons (Fsp3) is 0.118. The lowest BCUT2D eigenvalue weighted by Gasteiger charge is -2.18. The molecule has 4 heteroatoms. The van der Waals surface area contributed by atoms with Crippen molar-refractivity contribution in [3.05, 3.63) is 71.3 Å². The molecule has 4 nitrogen and oxygen atoms in total. The Bertz CT molecular complexity index is 631. The maximum absolute atomic E-state index is 12.5. The van der Waals surface area contributed by atoms with Crippen LogP contribution >= 0.6 is 0 Å². The van der Waals surface area contributed by atoms with Crippen LogP contribution in [0.2, 0.25) is 0 Å². The minimum atomic E-state index is 0.0994. The highest BCUT2D eigenvalue weighted by atomic mass is 16.1. The molecule has 0 radical (unpaired) electrons. The summed E-state index contributed by atoms with van der Waals surface area (Å²) in [4.78, 5) is 20.5. The van der Waals surface area contributed by atoms with Crippen LogP contribution in [0.15, 0.2) is 60.2 Å². The molecule has 1 aliphatic heterocycles. The Morgan fingerprint density at radius 2 is 1.24 bits per heavy atom. The number of piperidine rings is 1. The number of ketones is 1. The molecule has 21 heavy (non-hydrogen) atoms. The smallest absolute Gasteiger partial charge is 0.187 e. The summed E-state index contributed by atoms with van der Waals surface area (Å²) in [5, 5.41) is 3.27. The molecular weight excluding hydrogens is 262 g/mol. The highest BCUT2D eigenvalue weighted by Crippen LogP contribution is 2.16. The van der Waals surface area contributed by atoms with Crippen LogP contribution < -0.4 is 5.32 Å². The van der Waals surface area contributed by atoms with Gasteiger partial charge in [0.25, 0.3) is 0 Å². The van der Waals surface area contributed by atoms with Crippen molar-refractivity contribution in [2.24, 2.45) is 0 Å². The van der Waals surface area contributed by atoms with E-state index in [2.05, 4.69) is 15.3 Å². The van der Waals surface area contributed by atoms with Crippen molar-refractivity contribution in [1.82, 2.24) is 15.3 Å². The lowest BCUT2D eigenvalue weighted by atomic mass is 9.96. The molecule has 2 aromatic rings. The summed E-state index contributed by atoms with van der Waals surface area (Å²) < 4.78 is 0. The molecule has 0 bridgehead atoms. The summed E-state index contributed by atoms with van der Waals surface area (Å²) in [6.07, 6.45) is 10.7. The number of hydrogen-bond donors (Lipinski definition) is 1. The van der Waals surface area contributed by atoms with Gasteiger partial charge in [-0.2, -0.15) is 0 Å². The van der Waals surface area contributed by atoms with E-state index in [1.807, 2.05) is 36.4 Å². The number of aromatic nitrogens is 2. The lowest BCUT2D eigenvalue weighted by Crippen LogP contribution is -2.32. The van der Waals surface area contributed by atoms with Gasteiger partial charge in [0.05, 0.1) is 0 Å². The lowest BCUT2D eigenvalue weighted by molar-refractivity contribution is -0.112. The van der Waals surface area contributed by atoms with Crippen LogP contribution in [0.1, 0.15) is 11.1 Å². The predicted molar refractivity (Wildman–Crippen MR) is 82.3 cm³/mol. The maximum atomic E-state index is 12.5. The van der Waals surface area contributed by atoms with Gasteiger partial charge in [-0.25, -0.2) is 0 Å². The van der Waals surface area contributed by atoms with Crippen molar-refractivity contribution in [2.75, 3.05) is 13.1 Å². The second-order valence-electron chi connectivity index (χ2n) is 4.83. The summed E-state index contributed by atoms with van der Waals surface area (Å²) in [5.74, 6) is 0.0994. The van der Waals surface area contributed by atoms with Gasteiger partial charge in [0, 0.05) is 49.0 Å². The Labute approximate surface area is 123 Å². The summed E-state index contributed by atoms with van der Waals surface area (Å²) >= 11 is 0. The first-order chi connectivity index (χ1) is 10.3. The fourth-order valence-corrected chi connectivity index (χ4v) is 2.25. The quantitative estimate of drug-likeness (QED) is 0.854. The molecule has 1 N–H and O–H groups in total. The molecule has 0 saturated carbocycles. The molecule has 104 valence electrons. The minimum absolute atomic E-state index is 0.0994. The van der Waals surface area contributed by atoms with Crippen LogP contribution in [0.4, 0.5) is 0 Å². The molecule has 0 aromatic carbocycles. The van der Waals surface area contributed by atoms with Gasteiger partial charge in [-0.15, -0.1) is 0 Å².